The van der Waals surface area contributed by atoms with Crippen molar-refractivity contribution >= 4 is 11.9 Å². The molecule has 3 aromatic carbocycles. The molecule has 33 heavy (non-hydrogen) atoms. The Kier molecular flexibility index (Phi) is 5.97. The molecule has 4 aromatic rings. The number of benzene rings is 3. The summed E-state index contributed by atoms with van der Waals surface area (Å²) in [5, 5.41) is 12.2. The number of carbonyl (C=O) groups excluding carboxylic acids is 1. The summed E-state index contributed by atoms with van der Waals surface area (Å²) in [6.07, 6.45) is 0. The number of carbonyl (C=O) groups is 1. The zero-order chi connectivity index (χ0) is 22.5. The van der Waals surface area contributed by atoms with E-state index >= 15 is 0 Å². The van der Waals surface area contributed by atoms with Gasteiger partial charge < -0.3 is 14.5 Å². The molecule has 2 heterocycles. The first-order chi connectivity index (χ1) is 16.3. The third-order valence-electron chi connectivity index (χ3n) is 5.63. The first-order valence-corrected chi connectivity index (χ1v) is 10.9. The minimum Gasteiger partial charge on any atom is -0.489 e. The van der Waals surface area contributed by atoms with E-state index < -0.39 is 0 Å². The molecule has 1 aromatic heterocycles. The van der Waals surface area contributed by atoms with Crippen LogP contribution >= 0.6 is 0 Å². The van der Waals surface area contributed by atoms with Crippen molar-refractivity contribution in [3.8, 4) is 11.4 Å². The number of anilines is 1. The second-order valence-corrected chi connectivity index (χ2v) is 7.81. The Hall–Kier alpha value is -4.20. The number of rotatable bonds is 6. The zero-order valence-corrected chi connectivity index (χ0v) is 18.1. The summed E-state index contributed by atoms with van der Waals surface area (Å²) < 4.78 is 7.61. The molecule has 5 rings (SSSR count). The maximum Gasteiger partial charge on any atom is 0.254 e. The van der Waals surface area contributed by atoms with Gasteiger partial charge in [0.25, 0.3) is 5.91 Å². The van der Waals surface area contributed by atoms with Crippen LogP contribution in [0.5, 0.6) is 5.75 Å². The predicted octanol–water partition coefficient (Wildman–Crippen LogP) is 3.20. The van der Waals surface area contributed by atoms with Crippen LogP contribution in [0.3, 0.4) is 0 Å². The van der Waals surface area contributed by atoms with Crippen molar-refractivity contribution < 1.29 is 9.53 Å². The molecule has 0 bridgehead atoms. The third kappa shape index (κ3) is 4.69. The van der Waals surface area contributed by atoms with Crippen molar-refractivity contribution in [2.75, 3.05) is 31.1 Å². The highest BCUT2D eigenvalue weighted by Gasteiger charge is 2.25. The summed E-state index contributed by atoms with van der Waals surface area (Å²) in [5.41, 5.74) is 2.62. The quantitative estimate of drug-likeness (QED) is 0.458. The Morgan fingerprint density at radius 2 is 1.58 bits per heavy atom. The molecular weight excluding hydrogens is 416 g/mol. The molecule has 0 spiro atoms. The Bertz CT molecular complexity index is 1200. The number of amides is 1. The van der Waals surface area contributed by atoms with Crippen LogP contribution in [-0.4, -0.2) is 57.2 Å². The van der Waals surface area contributed by atoms with E-state index in [1.807, 2.05) is 89.8 Å². The van der Waals surface area contributed by atoms with Crippen molar-refractivity contribution in [2.24, 2.45) is 0 Å². The van der Waals surface area contributed by atoms with E-state index in [-0.39, 0.29) is 5.91 Å². The van der Waals surface area contributed by atoms with Gasteiger partial charge in [0, 0.05) is 31.7 Å². The van der Waals surface area contributed by atoms with Gasteiger partial charge in [-0.05, 0) is 46.3 Å². The molecule has 166 valence electrons. The monoisotopic (exact) mass is 440 g/mol. The summed E-state index contributed by atoms with van der Waals surface area (Å²) in [7, 11) is 0. The first kappa shape index (κ1) is 20.7. The van der Waals surface area contributed by atoms with Gasteiger partial charge in [0.05, 0.1) is 5.69 Å². The molecule has 1 fully saturated rings. The standard InChI is InChI=1S/C25H24N6O2/c32-24(21-10-7-13-23(18-21)33-19-20-8-3-1-4-9-20)29-14-16-30(17-15-29)25-26-27-28-31(25)22-11-5-2-6-12-22/h1-13,18H,14-17,19H2. The minimum atomic E-state index is 0.00228. The molecule has 1 aliphatic rings. The molecule has 1 aliphatic heterocycles. The maximum absolute atomic E-state index is 13.1. The lowest BCUT2D eigenvalue weighted by atomic mass is 10.1. The highest BCUT2D eigenvalue weighted by molar-refractivity contribution is 5.94. The average molecular weight is 441 g/mol. The van der Waals surface area contributed by atoms with Crippen molar-refractivity contribution in [3.05, 3.63) is 96.1 Å². The van der Waals surface area contributed by atoms with Crippen LogP contribution in [0.2, 0.25) is 0 Å². The van der Waals surface area contributed by atoms with E-state index in [1.54, 1.807) is 4.68 Å². The smallest absolute Gasteiger partial charge is 0.254 e. The molecule has 0 atom stereocenters. The lowest BCUT2D eigenvalue weighted by Gasteiger charge is -2.34. The number of nitrogens with zero attached hydrogens (tertiary/aromatic N) is 6. The Balaban J connectivity index is 1.21. The van der Waals surface area contributed by atoms with Crippen LogP contribution in [0.4, 0.5) is 5.95 Å². The molecule has 0 N–H and O–H groups in total. The van der Waals surface area contributed by atoms with Gasteiger partial charge in [0.1, 0.15) is 12.4 Å². The van der Waals surface area contributed by atoms with E-state index in [0.717, 1.165) is 11.3 Å². The van der Waals surface area contributed by atoms with Gasteiger partial charge in [-0.1, -0.05) is 59.7 Å². The Morgan fingerprint density at radius 3 is 2.33 bits per heavy atom. The van der Waals surface area contributed by atoms with Crippen LogP contribution < -0.4 is 9.64 Å². The lowest BCUT2D eigenvalue weighted by Crippen LogP contribution is -2.49. The molecule has 0 saturated carbocycles. The fourth-order valence-corrected chi connectivity index (χ4v) is 3.87. The summed E-state index contributed by atoms with van der Waals surface area (Å²) in [5.74, 6) is 1.37. The van der Waals surface area contributed by atoms with E-state index in [9.17, 15) is 4.79 Å². The molecule has 0 radical (unpaired) electrons. The van der Waals surface area contributed by atoms with Crippen molar-refractivity contribution in [2.45, 2.75) is 6.61 Å². The van der Waals surface area contributed by atoms with Crippen molar-refractivity contribution in [1.82, 2.24) is 25.1 Å². The minimum absolute atomic E-state index is 0.00228. The van der Waals surface area contributed by atoms with Crippen molar-refractivity contribution in [1.29, 1.82) is 0 Å². The second kappa shape index (κ2) is 9.52. The average Bonchev–Trinajstić information content (AvgIpc) is 3.39. The molecule has 0 unspecified atom stereocenters. The number of aromatic nitrogens is 4. The Morgan fingerprint density at radius 1 is 0.848 bits per heavy atom. The van der Waals surface area contributed by atoms with Crippen LogP contribution in [0.15, 0.2) is 84.9 Å². The summed E-state index contributed by atoms with van der Waals surface area (Å²) in [4.78, 5) is 17.1. The van der Waals surface area contributed by atoms with E-state index in [1.165, 1.54) is 0 Å². The summed E-state index contributed by atoms with van der Waals surface area (Å²) in [6, 6.07) is 27.2. The van der Waals surface area contributed by atoms with Crippen LogP contribution in [0.1, 0.15) is 15.9 Å². The third-order valence-corrected chi connectivity index (χ3v) is 5.63. The van der Waals surface area contributed by atoms with Gasteiger partial charge in [-0.25, -0.2) is 0 Å². The fraction of sp³-hybridized carbons (Fsp3) is 0.200. The van der Waals surface area contributed by atoms with Gasteiger partial charge in [0.2, 0.25) is 5.95 Å². The number of hydrogen-bond acceptors (Lipinski definition) is 6. The summed E-state index contributed by atoms with van der Waals surface area (Å²) in [6.45, 7) is 2.96. The number of piperazine rings is 1. The number of ether oxygens (including phenoxy) is 1. The van der Waals surface area contributed by atoms with Crippen LogP contribution in [0, 0.1) is 0 Å². The van der Waals surface area contributed by atoms with Gasteiger partial charge in [0.15, 0.2) is 0 Å². The van der Waals surface area contributed by atoms with Crippen molar-refractivity contribution in [3.63, 3.8) is 0 Å². The van der Waals surface area contributed by atoms with E-state index in [0.29, 0.717) is 50.0 Å². The van der Waals surface area contributed by atoms with Gasteiger partial charge in [-0.15, -0.1) is 0 Å². The van der Waals surface area contributed by atoms with Gasteiger partial charge in [-0.3, -0.25) is 4.79 Å². The molecule has 8 heteroatoms. The molecule has 0 aliphatic carbocycles. The lowest BCUT2D eigenvalue weighted by molar-refractivity contribution is 0.0745. The topological polar surface area (TPSA) is 76.4 Å². The van der Waals surface area contributed by atoms with Gasteiger partial charge in [-0.2, -0.15) is 4.68 Å². The highest BCUT2D eigenvalue weighted by atomic mass is 16.5. The first-order valence-electron chi connectivity index (χ1n) is 10.9. The largest absolute Gasteiger partial charge is 0.489 e. The zero-order valence-electron chi connectivity index (χ0n) is 18.1. The van der Waals surface area contributed by atoms with E-state index in [4.69, 9.17) is 4.74 Å². The number of para-hydroxylation sites is 1. The normalized spacial score (nSPS) is 13.7. The number of tetrazole rings is 1. The highest BCUT2D eigenvalue weighted by Crippen LogP contribution is 2.20. The van der Waals surface area contributed by atoms with Gasteiger partial charge >= 0.3 is 0 Å². The molecule has 8 nitrogen and oxygen atoms in total. The predicted molar refractivity (Wildman–Crippen MR) is 124 cm³/mol. The van der Waals surface area contributed by atoms with Crippen LogP contribution in [-0.2, 0) is 6.61 Å². The number of hydrogen-bond donors (Lipinski definition) is 0. The molecular formula is C25H24N6O2. The summed E-state index contributed by atoms with van der Waals surface area (Å²) >= 11 is 0. The SMILES string of the molecule is O=C(c1cccc(OCc2ccccc2)c1)N1CCN(c2nnnn2-c2ccccc2)CC1. The maximum atomic E-state index is 13.1. The van der Waals surface area contributed by atoms with Crippen LogP contribution in [0.25, 0.3) is 5.69 Å². The fourth-order valence-electron chi connectivity index (χ4n) is 3.87. The molecule has 1 saturated heterocycles. The second-order valence-electron chi connectivity index (χ2n) is 7.81. The van der Waals surface area contributed by atoms with E-state index in [2.05, 4.69) is 20.4 Å². The Labute approximate surface area is 192 Å². The molecule has 1 amide bonds.